The van der Waals surface area contributed by atoms with Crippen LogP contribution in [0.2, 0.25) is 0 Å². The fourth-order valence-corrected chi connectivity index (χ4v) is 8.41. The molecule has 2 saturated heterocycles. The van der Waals surface area contributed by atoms with Gasteiger partial charge in [-0.3, -0.25) is 0 Å². The van der Waals surface area contributed by atoms with Gasteiger partial charge in [0.15, 0.2) is 0 Å². The van der Waals surface area contributed by atoms with Crippen molar-refractivity contribution in [3.8, 4) is 22.3 Å². The third kappa shape index (κ3) is 11.1. The van der Waals surface area contributed by atoms with Crippen molar-refractivity contribution in [2.24, 2.45) is 0 Å². The van der Waals surface area contributed by atoms with Crippen molar-refractivity contribution in [2.45, 2.75) is 97.1 Å². The summed E-state index contributed by atoms with van der Waals surface area (Å²) in [5.41, 5.74) is 20.5. The second-order valence-corrected chi connectivity index (χ2v) is 20.3. The van der Waals surface area contributed by atoms with E-state index in [2.05, 4.69) is 108 Å². The van der Waals surface area contributed by atoms with Gasteiger partial charge in [0.1, 0.15) is 0 Å². The molecule has 0 atom stereocenters. The van der Waals surface area contributed by atoms with Crippen LogP contribution >= 0.6 is 15.9 Å². The lowest BCUT2D eigenvalue weighted by atomic mass is 9.76. The summed E-state index contributed by atoms with van der Waals surface area (Å²) in [7, 11) is -0.700. The van der Waals surface area contributed by atoms with Crippen LogP contribution in [0.1, 0.15) is 72.1 Å². The maximum Gasteiger partial charge on any atom is 0.494 e. The molecule has 9 rings (SSSR count). The summed E-state index contributed by atoms with van der Waals surface area (Å²) in [4.78, 5) is 0. The first kappa shape index (κ1) is 51.3. The number of fused-ring (bicyclic) bond motifs is 2. The topological polar surface area (TPSA) is 115 Å². The van der Waals surface area contributed by atoms with Crippen molar-refractivity contribution in [1.29, 1.82) is 0 Å². The van der Waals surface area contributed by atoms with E-state index >= 15 is 0 Å². The minimum atomic E-state index is -4.48. The Balaban J connectivity index is 0.000000166. The first-order valence-corrected chi connectivity index (χ1v) is 23.0. The normalized spacial score (nSPS) is 17.0. The molecule has 0 spiro atoms. The smallest absolute Gasteiger partial charge is 0.399 e. The van der Waals surface area contributed by atoms with E-state index < -0.39 is 23.5 Å². The van der Waals surface area contributed by atoms with E-state index in [1.165, 1.54) is 24.3 Å². The SMILES string of the molecule is CC1(C)OB(c2ccc3cc(B4OC(C)(C)C(C)(C)O4)ccc3c2)OC1(C)C.Cc1cc(N)ccc1-c1ccc2cc(-c3ccc(N)cc3C(F)(F)F)ccc2c1.Nc1ccc(Br)c(C(F)(F)F)c1. The summed E-state index contributed by atoms with van der Waals surface area (Å²) in [6.45, 7) is 18.6. The van der Waals surface area contributed by atoms with Gasteiger partial charge in [-0.2, -0.15) is 26.3 Å². The van der Waals surface area contributed by atoms with Crippen molar-refractivity contribution in [3.63, 3.8) is 0 Å². The number of aryl methyl sites for hydroxylation is 1. The third-order valence-corrected chi connectivity index (χ3v) is 14.0. The molecule has 2 aliphatic heterocycles. The van der Waals surface area contributed by atoms with E-state index in [0.717, 1.165) is 61.3 Å². The highest BCUT2D eigenvalue weighted by atomic mass is 79.9. The second kappa shape index (κ2) is 18.7. The van der Waals surface area contributed by atoms with Crippen molar-refractivity contribution in [1.82, 2.24) is 0 Å². The number of nitrogen functional groups attached to an aromatic ring is 3. The quantitative estimate of drug-likeness (QED) is 0.0914. The Labute approximate surface area is 408 Å². The first-order valence-electron chi connectivity index (χ1n) is 22.2. The number of alkyl halides is 6. The van der Waals surface area contributed by atoms with Crippen molar-refractivity contribution < 1.29 is 45.0 Å². The molecule has 0 bridgehead atoms. The molecule has 69 heavy (non-hydrogen) atoms. The van der Waals surface area contributed by atoms with E-state index in [0.29, 0.717) is 11.3 Å². The zero-order chi connectivity index (χ0) is 50.6. The van der Waals surface area contributed by atoms with Gasteiger partial charge in [0.25, 0.3) is 0 Å². The molecule has 7 nitrogen and oxygen atoms in total. The summed E-state index contributed by atoms with van der Waals surface area (Å²) in [6, 6.07) is 37.2. The number of halogens is 7. The lowest BCUT2D eigenvalue weighted by Gasteiger charge is -2.32. The minimum absolute atomic E-state index is 0.00389. The monoisotopic (exact) mass is 1010 g/mol. The molecule has 7 aromatic rings. The van der Waals surface area contributed by atoms with Crippen LogP contribution in [0, 0.1) is 6.92 Å². The Morgan fingerprint density at radius 3 is 1.17 bits per heavy atom. The van der Waals surface area contributed by atoms with Crippen LogP contribution in [0.5, 0.6) is 0 Å². The Morgan fingerprint density at radius 1 is 0.420 bits per heavy atom. The molecule has 0 radical (unpaired) electrons. The van der Waals surface area contributed by atoms with Crippen LogP contribution in [-0.4, -0.2) is 36.6 Å². The molecule has 0 aliphatic carbocycles. The van der Waals surface area contributed by atoms with E-state index in [1.807, 2.05) is 49.4 Å². The fourth-order valence-electron chi connectivity index (χ4n) is 7.93. The van der Waals surface area contributed by atoms with Gasteiger partial charge in [0.2, 0.25) is 0 Å². The van der Waals surface area contributed by atoms with Gasteiger partial charge in [0, 0.05) is 21.5 Å². The molecule has 0 unspecified atom stereocenters. The second-order valence-electron chi connectivity index (χ2n) is 19.4. The number of anilines is 3. The molecule has 16 heteroatoms. The standard InChI is InChI=1S/C24H19F3N2.C22H30B2O4.C7H5BrF3N/c1-14-10-19(28)6-8-21(14)17-4-2-16-12-18(5-3-15(16)11-17)22-9-7-20(29)13-23(22)24(25,26)27;1-19(2)20(3,4)26-23(25-19)17-11-9-16-14-18(12-10-15(16)13-17)24-27-21(5,6)22(7,8)28-24;8-6-2-1-4(12)3-5(6)7(9,10)11/h2-13H,28-29H2,1H3;9-14H,1-8H3;1-3H,12H2. The molecule has 360 valence electrons. The van der Waals surface area contributed by atoms with Crippen LogP contribution in [0.25, 0.3) is 43.8 Å². The van der Waals surface area contributed by atoms with E-state index in [1.54, 1.807) is 12.1 Å². The van der Waals surface area contributed by atoms with Gasteiger partial charge in [-0.1, -0.05) is 88.7 Å². The van der Waals surface area contributed by atoms with Crippen molar-refractivity contribution >= 4 is 79.7 Å². The zero-order valence-corrected chi connectivity index (χ0v) is 41.4. The highest BCUT2D eigenvalue weighted by Gasteiger charge is 2.53. The van der Waals surface area contributed by atoms with Crippen LogP contribution in [-0.2, 0) is 31.0 Å². The average molecular weight is 1010 g/mol. The van der Waals surface area contributed by atoms with Crippen LogP contribution in [0.15, 0.2) is 132 Å². The molecule has 7 aromatic carbocycles. The van der Waals surface area contributed by atoms with E-state index in [4.69, 9.17) is 35.8 Å². The number of rotatable bonds is 4. The van der Waals surface area contributed by atoms with E-state index in [-0.39, 0.29) is 58.1 Å². The fraction of sp³-hybridized carbons (Fsp3) is 0.283. The predicted octanol–water partition coefficient (Wildman–Crippen LogP) is 13.2. The minimum Gasteiger partial charge on any atom is -0.399 e. The maximum absolute atomic E-state index is 13.5. The maximum atomic E-state index is 13.5. The van der Waals surface area contributed by atoms with Crippen LogP contribution < -0.4 is 28.1 Å². The molecular formula is C53H54B2BrF6N3O4. The number of benzene rings is 7. The Bertz CT molecular complexity index is 2940. The van der Waals surface area contributed by atoms with Gasteiger partial charge >= 0.3 is 26.6 Å². The summed E-state index contributed by atoms with van der Waals surface area (Å²) < 4.78 is 102. The molecule has 0 saturated carbocycles. The van der Waals surface area contributed by atoms with Crippen molar-refractivity contribution in [2.75, 3.05) is 17.2 Å². The summed E-state index contributed by atoms with van der Waals surface area (Å²) in [5, 5.41) is 4.11. The van der Waals surface area contributed by atoms with Crippen molar-refractivity contribution in [3.05, 3.63) is 149 Å². The summed E-state index contributed by atoms with van der Waals surface area (Å²) in [6.07, 6.45) is -8.83. The highest BCUT2D eigenvalue weighted by molar-refractivity contribution is 9.10. The number of hydrogen-bond acceptors (Lipinski definition) is 7. The molecule has 0 aromatic heterocycles. The lowest BCUT2D eigenvalue weighted by Crippen LogP contribution is -2.41. The van der Waals surface area contributed by atoms with E-state index in [9.17, 15) is 26.3 Å². The summed E-state index contributed by atoms with van der Waals surface area (Å²) >= 11 is 2.79. The average Bonchev–Trinajstić information content (AvgIpc) is 3.62. The largest absolute Gasteiger partial charge is 0.494 e. The van der Waals surface area contributed by atoms with Crippen LogP contribution in [0.3, 0.4) is 0 Å². The van der Waals surface area contributed by atoms with Crippen LogP contribution in [0.4, 0.5) is 43.4 Å². The van der Waals surface area contributed by atoms with Gasteiger partial charge in [0.05, 0.1) is 33.5 Å². The lowest BCUT2D eigenvalue weighted by molar-refractivity contribution is -0.138. The number of nitrogens with two attached hydrogens (primary N) is 3. The first-order chi connectivity index (χ1) is 31.9. The molecule has 0 amide bonds. The molecular weight excluding hydrogens is 958 g/mol. The molecule has 2 aliphatic rings. The Kier molecular flexibility index (Phi) is 13.9. The zero-order valence-electron chi connectivity index (χ0n) is 39.8. The molecule has 2 fully saturated rings. The van der Waals surface area contributed by atoms with Gasteiger partial charge in [-0.15, -0.1) is 0 Å². The van der Waals surface area contributed by atoms with Gasteiger partial charge in [-0.25, -0.2) is 0 Å². The predicted molar refractivity (Wildman–Crippen MR) is 272 cm³/mol. The summed E-state index contributed by atoms with van der Waals surface area (Å²) in [5.74, 6) is 0. The van der Waals surface area contributed by atoms with Gasteiger partial charge < -0.3 is 35.8 Å². The molecule has 6 N–H and O–H groups in total. The molecule has 2 heterocycles. The van der Waals surface area contributed by atoms with Gasteiger partial charge in [-0.05, 0) is 177 Å². The highest BCUT2D eigenvalue weighted by Crippen LogP contribution is 2.41. The Morgan fingerprint density at radius 2 is 0.768 bits per heavy atom. The third-order valence-electron chi connectivity index (χ3n) is 13.3. The number of hydrogen-bond donors (Lipinski definition) is 3. The Hall–Kier alpha value is -5.51.